The molecule has 2 atom stereocenters. The molecule has 1 amide bonds. The zero-order chi connectivity index (χ0) is 15.1. The molecular formula is C14H29N2O3+. The van der Waals surface area contributed by atoms with E-state index in [1.165, 1.54) is 0 Å². The highest BCUT2D eigenvalue weighted by molar-refractivity contribution is 5.78. The lowest BCUT2D eigenvalue weighted by atomic mass is 10.0. The van der Waals surface area contributed by atoms with Crippen LogP contribution in [0.4, 0.5) is 0 Å². The van der Waals surface area contributed by atoms with E-state index in [1.807, 2.05) is 28.1 Å². The van der Waals surface area contributed by atoms with Crippen molar-refractivity contribution in [3.63, 3.8) is 0 Å². The maximum atomic E-state index is 11.8. The average molecular weight is 273 g/mol. The molecule has 0 saturated heterocycles. The van der Waals surface area contributed by atoms with Crippen molar-refractivity contribution in [2.75, 3.05) is 21.1 Å². The first-order valence-electron chi connectivity index (χ1n) is 7.07. The third-order valence-corrected chi connectivity index (χ3v) is 3.26. The number of carboxylic acids is 1. The molecule has 0 heterocycles. The van der Waals surface area contributed by atoms with E-state index in [9.17, 15) is 14.7 Å². The van der Waals surface area contributed by atoms with Gasteiger partial charge in [0.15, 0.2) is 0 Å². The van der Waals surface area contributed by atoms with Gasteiger partial charge in [0.05, 0.1) is 27.2 Å². The van der Waals surface area contributed by atoms with Crippen LogP contribution in [0, 0.1) is 0 Å². The van der Waals surface area contributed by atoms with Gasteiger partial charge >= 0.3 is 5.97 Å². The fourth-order valence-electron chi connectivity index (χ4n) is 2.26. The molecule has 112 valence electrons. The Hall–Kier alpha value is -1.10. The normalized spacial score (nSPS) is 14.8. The number of carbonyl (C=O) groups is 2. The summed E-state index contributed by atoms with van der Waals surface area (Å²) < 4.78 is 0.295. The minimum absolute atomic E-state index is 0.0417. The molecule has 0 bridgehead atoms. The number of rotatable bonds is 9. The third-order valence-electron chi connectivity index (χ3n) is 3.26. The summed E-state index contributed by atoms with van der Waals surface area (Å²) in [7, 11) is 5.51. The Bertz CT molecular complexity index is 298. The van der Waals surface area contributed by atoms with Gasteiger partial charge in [0.2, 0.25) is 11.9 Å². The van der Waals surface area contributed by atoms with Crippen LogP contribution in [-0.4, -0.2) is 54.7 Å². The van der Waals surface area contributed by atoms with E-state index < -0.39 is 12.0 Å². The molecule has 5 nitrogen and oxygen atoms in total. The Morgan fingerprint density at radius 2 is 1.74 bits per heavy atom. The lowest BCUT2D eigenvalue weighted by Gasteiger charge is -2.36. The molecule has 2 unspecified atom stereocenters. The number of quaternary nitrogens is 1. The second-order valence-corrected chi connectivity index (χ2v) is 5.94. The first-order chi connectivity index (χ1) is 8.73. The van der Waals surface area contributed by atoms with Crippen molar-refractivity contribution < 1.29 is 19.2 Å². The quantitative estimate of drug-likeness (QED) is 0.495. The summed E-state index contributed by atoms with van der Waals surface area (Å²) in [4.78, 5) is 23.3. The summed E-state index contributed by atoms with van der Waals surface area (Å²) >= 11 is 0. The number of aliphatic carboxylic acids is 1. The smallest absolute Gasteiger partial charge is 0.364 e. The van der Waals surface area contributed by atoms with Gasteiger partial charge in [-0.05, 0) is 12.8 Å². The van der Waals surface area contributed by atoms with Gasteiger partial charge < -0.3 is 14.9 Å². The molecule has 0 fully saturated rings. The van der Waals surface area contributed by atoms with Crippen molar-refractivity contribution >= 4 is 11.9 Å². The van der Waals surface area contributed by atoms with Gasteiger partial charge in [-0.25, -0.2) is 4.79 Å². The maximum Gasteiger partial charge on any atom is 0.364 e. The zero-order valence-corrected chi connectivity index (χ0v) is 12.9. The largest absolute Gasteiger partial charge is 0.477 e. The number of carbonyl (C=O) groups excluding carboxylic acids is 1. The fourth-order valence-corrected chi connectivity index (χ4v) is 2.26. The van der Waals surface area contributed by atoms with Crippen LogP contribution in [-0.2, 0) is 9.59 Å². The summed E-state index contributed by atoms with van der Waals surface area (Å²) in [5, 5.41) is 12.2. The minimum Gasteiger partial charge on any atom is -0.477 e. The second-order valence-electron chi connectivity index (χ2n) is 5.94. The molecular weight excluding hydrogens is 244 g/mol. The standard InChI is InChI=1S/C14H28N2O3/c1-6-8-9-10-12(17)15-11(7-2)13(14(18)19)16(3,4)5/h11,13H,6-10H2,1-5H3,(H-,15,17,18,19)/p+1. The Morgan fingerprint density at radius 3 is 2.11 bits per heavy atom. The van der Waals surface area contributed by atoms with Crippen molar-refractivity contribution in [3.8, 4) is 0 Å². The molecule has 0 aliphatic heterocycles. The van der Waals surface area contributed by atoms with E-state index >= 15 is 0 Å². The van der Waals surface area contributed by atoms with Gasteiger partial charge in [0.1, 0.15) is 0 Å². The molecule has 0 aromatic rings. The number of amides is 1. The van der Waals surface area contributed by atoms with Gasteiger partial charge in [-0.3, -0.25) is 4.79 Å². The lowest BCUT2D eigenvalue weighted by Crippen LogP contribution is -2.60. The predicted molar refractivity (Wildman–Crippen MR) is 75.8 cm³/mol. The number of nitrogens with one attached hydrogen (secondary N) is 1. The topological polar surface area (TPSA) is 66.4 Å². The predicted octanol–water partition coefficient (Wildman–Crippen LogP) is 1.62. The molecule has 0 aliphatic rings. The summed E-state index contributed by atoms with van der Waals surface area (Å²) in [5.74, 6) is -0.909. The van der Waals surface area contributed by atoms with Crippen LogP contribution in [0.2, 0.25) is 0 Å². The van der Waals surface area contributed by atoms with Crippen molar-refractivity contribution in [2.24, 2.45) is 0 Å². The number of hydrogen-bond acceptors (Lipinski definition) is 2. The molecule has 0 saturated carbocycles. The van der Waals surface area contributed by atoms with Crippen LogP contribution >= 0.6 is 0 Å². The molecule has 0 radical (unpaired) electrons. The van der Waals surface area contributed by atoms with E-state index in [0.29, 0.717) is 17.3 Å². The minimum atomic E-state index is -0.867. The summed E-state index contributed by atoms with van der Waals surface area (Å²) in [5.41, 5.74) is 0. The summed E-state index contributed by atoms with van der Waals surface area (Å²) in [6.07, 6.45) is 4.06. The van der Waals surface area contributed by atoms with Crippen LogP contribution < -0.4 is 5.32 Å². The van der Waals surface area contributed by atoms with Gasteiger partial charge in [-0.15, -0.1) is 0 Å². The van der Waals surface area contributed by atoms with Gasteiger partial charge in [0.25, 0.3) is 0 Å². The van der Waals surface area contributed by atoms with Crippen molar-refractivity contribution in [2.45, 2.75) is 58.0 Å². The van der Waals surface area contributed by atoms with E-state index in [0.717, 1.165) is 19.3 Å². The van der Waals surface area contributed by atoms with Crippen molar-refractivity contribution in [1.82, 2.24) is 5.32 Å². The third kappa shape index (κ3) is 6.57. The van der Waals surface area contributed by atoms with E-state index in [-0.39, 0.29) is 11.9 Å². The second kappa shape index (κ2) is 8.15. The molecule has 19 heavy (non-hydrogen) atoms. The highest BCUT2D eigenvalue weighted by Gasteiger charge is 2.39. The Labute approximate surface area is 116 Å². The Kier molecular flexibility index (Phi) is 7.68. The maximum absolute atomic E-state index is 11.8. The SMILES string of the molecule is CCCCCC(=O)NC(CC)C(C(=O)O)[N+](C)(C)C. The molecule has 0 aliphatic carbocycles. The molecule has 0 rings (SSSR count). The van der Waals surface area contributed by atoms with Crippen molar-refractivity contribution in [3.05, 3.63) is 0 Å². The first-order valence-corrected chi connectivity index (χ1v) is 7.07. The number of unbranched alkanes of at least 4 members (excludes halogenated alkanes) is 2. The number of likely N-dealkylation sites (N-methyl/N-ethyl adjacent to an activating group) is 1. The highest BCUT2D eigenvalue weighted by Crippen LogP contribution is 2.12. The molecule has 0 spiro atoms. The fraction of sp³-hybridized carbons (Fsp3) is 0.857. The molecule has 2 N–H and O–H groups in total. The van der Waals surface area contributed by atoms with Crippen LogP contribution in [0.15, 0.2) is 0 Å². The Morgan fingerprint density at radius 1 is 1.16 bits per heavy atom. The zero-order valence-electron chi connectivity index (χ0n) is 12.9. The van der Waals surface area contributed by atoms with Crippen molar-refractivity contribution in [1.29, 1.82) is 0 Å². The molecule has 0 aromatic carbocycles. The molecule has 0 aromatic heterocycles. The average Bonchev–Trinajstić information content (AvgIpc) is 2.26. The van der Waals surface area contributed by atoms with Gasteiger partial charge in [0, 0.05) is 6.42 Å². The number of hydrogen-bond donors (Lipinski definition) is 2. The van der Waals surface area contributed by atoms with Gasteiger partial charge in [-0.1, -0.05) is 26.7 Å². The molecule has 5 heteroatoms. The van der Waals surface area contributed by atoms with E-state index in [2.05, 4.69) is 12.2 Å². The van der Waals surface area contributed by atoms with Crippen LogP contribution in [0.3, 0.4) is 0 Å². The first kappa shape index (κ1) is 17.9. The van der Waals surface area contributed by atoms with Gasteiger partial charge in [-0.2, -0.15) is 0 Å². The number of nitrogens with zero attached hydrogens (tertiary/aromatic N) is 1. The summed E-state index contributed by atoms with van der Waals surface area (Å²) in [6, 6.07) is -0.952. The lowest BCUT2D eigenvalue weighted by molar-refractivity contribution is -0.888. The van der Waals surface area contributed by atoms with Crippen LogP contribution in [0.1, 0.15) is 46.0 Å². The monoisotopic (exact) mass is 273 g/mol. The Balaban J connectivity index is 4.62. The number of carboxylic acid groups (broad SMARTS) is 1. The van der Waals surface area contributed by atoms with E-state index in [4.69, 9.17) is 0 Å². The van der Waals surface area contributed by atoms with E-state index in [1.54, 1.807) is 0 Å². The summed E-state index contributed by atoms with van der Waals surface area (Å²) in [6.45, 7) is 3.99. The highest BCUT2D eigenvalue weighted by atomic mass is 16.4. The van der Waals surface area contributed by atoms with Crippen LogP contribution in [0.25, 0.3) is 0 Å². The van der Waals surface area contributed by atoms with Crippen LogP contribution in [0.5, 0.6) is 0 Å².